The van der Waals surface area contributed by atoms with Crippen LogP contribution < -0.4 is 4.90 Å². The van der Waals surface area contributed by atoms with E-state index in [1.807, 2.05) is 18.7 Å². The normalized spacial score (nSPS) is 22.2. The first kappa shape index (κ1) is 21.3. The Kier molecular flexibility index (Phi) is 5.01. The third kappa shape index (κ3) is 3.68. The van der Waals surface area contributed by atoms with Crippen molar-refractivity contribution in [1.29, 1.82) is 0 Å². The van der Waals surface area contributed by atoms with Crippen molar-refractivity contribution in [2.45, 2.75) is 38.1 Å². The Morgan fingerprint density at radius 3 is 2.67 bits per heavy atom. The van der Waals surface area contributed by atoms with Crippen LogP contribution in [0.5, 0.6) is 0 Å². The lowest BCUT2D eigenvalue weighted by molar-refractivity contribution is -0.172. The molecule has 1 aliphatic heterocycles. The van der Waals surface area contributed by atoms with Gasteiger partial charge < -0.3 is 10.1 Å². The van der Waals surface area contributed by atoms with Crippen LogP contribution in [0.4, 0.5) is 19.0 Å². The van der Waals surface area contributed by atoms with Crippen LogP contribution >= 0.6 is 0 Å². The maximum Gasteiger partial charge on any atom is 0.434 e. The lowest BCUT2D eigenvalue weighted by Gasteiger charge is -2.47. The van der Waals surface area contributed by atoms with E-state index in [2.05, 4.69) is 30.1 Å². The van der Waals surface area contributed by atoms with Crippen molar-refractivity contribution >= 4 is 11.5 Å². The monoisotopic (exact) mass is 459 g/mol. The van der Waals surface area contributed by atoms with Crippen molar-refractivity contribution in [2.75, 3.05) is 11.4 Å². The molecule has 0 aliphatic carbocycles. The summed E-state index contributed by atoms with van der Waals surface area (Å²) in [5, 5.41) is 18.8. The van der Waals surface area contributed by atoms with E-state index < -0.39 is 11.9 Å². The molecule has 1 saturated heterocycles. The highest BCUT2D eigenvalue weighted by Crippen LogP contribution is 2.35. The van der Waals surface area contributed by atoms with Crippen LogP contribution in [-0.2, 0) is 6.18 Å². The van der Waals surface area contributed by atoms with E-state index in [1.165, 1.54) is 15.7 Å². The van der Waals surface area contributed by atoms with Gasteiger partial charge in [-0.1, -0.05) is 0 Å². The average molecular weight is 459 g/mol. The van der Waals surface area contributed by atoms with Gasteiger partial charge in [0.15, 0.2) is 17.2 Å². The molecule has 5 rings (SSSR count). The maximum absolute atomic E-state index is 13.2. The predicted molar refractivity (Wildman–Crippen MR) is 110 cm³/mol. The summed E-state index contributed by atoms with van der Waals surface area (Å²) < 4.78 is 40.8. The van der Waals surface area contributed by atoms with Gasteiger partial charge in [-0.15, -0.1) is 0 Å². The summed E-state index contributed by atoms with van der Waals surface area (Å²) in [5.41, 5.74) is 0.357. The van der Waals surface area contributed by atoms with E-state index in [4.69, 9.17) is 0 Å². The summed E-state index contributed by atoms with van der Waals surface area (Å²) in [4.78, 5) is 18.5. The third-order valence-electron chi connectivity index (χ3n) is 5.86. The second kappa shape index (κ2) is 7.78. The van der Waals surface area contributed by atoms with Crippen molar-refractivity contribution in [1.82, 2.24) is 39.6 Å². The molecular weight excluding hydrogens is 439 g/mol. The van der Waals surface area contributed by atoms with Gasteiger partial charge in [-0.3, -0.25) is 9.50 Å². The lowest BCUT2D eigenvalue weighted by Crippen LogP contribution is -2.57. The summed E-state index contributed by atoms with van der Waals surface area (Å²) in [7, 11) is 0. The number of nitrogens with one attached hydrogen (secondary N) is 1. The molecule has 13 heteroatoms. The number of fused-ring (bicyclic) bond motifs is 1. The molecule has 3 atom stereocenters. The standard InChI is InChI=1S/C20H20F3N9O/c1-11-9-30(12(2)18(32(11)33)13-5-27-28-6-13)16-3-4-24-19(29-16)14-7-26-17-8-25-15(10-31(14)17)20(21,22)23/h3-8,10-12,18,33H,9H2,1-2H3,(H,27,28). The zero-order valence-corrected chi connectivity index (χ0v) is 17.6. The van der Waals surface area contributed by atoms with E-state index in [-0.39, 0.29) is 29.6 Å². The number of rotatable bonds is 3. The number of halogens is 3. The first-order valence-electron chi connectivity index (χ1n) is 10.2. The Hall–Kier alpha value is -3.58. The number of alkyl halides is 3. The van der Waals surface area contributed by atoms with Gasteiger partial charge in [0.05, 0.1) is 30.7 Å². The highest BCUT2D eigenvalue weighted by molar-refractivity contribution is 5.58. The van der Waals surface area contributed by atoms with Gasteiger partial charge in [0.1, 0.15) is 11.5 Å². The fourth-order valence-corrected chi connectivity index (χ4v) is 4.19. The van der Waals surface area contributed by atoms with Gasteiger partial charge in [0.2, 0.25) is 0 Å². The Balaban J connectivity index is 1.53. The summed E-state index contributed by atoms with van der Waals surface area (Å²) in [6.45, 7) is 4.34. The van der Waals surface area contributed by atoms with E-state index in [1.54, 1.807) is 24.7 Å². The molecule has 10 nitrogen and oxygen atoms in total. The molecule has 0 saturated carbocycles. The summed E-state index contributed by atoms with van der Waals surface area (Å²) >= 11 is 0. The number of piperazine rings is 1. The fraction of sp³-hybridized carbons (Fsp3) is 0.350. The van der Waals surface area contributed by atoms with Crippen LogP contribution in [0.15, 0.2) is 43.2 Å². The molecule has 0 amide bonds. The Bertz CT molecular complexity index is 1270. The third-order valence-corrected chi connectivity index (χ3v) is 5.86. The van der Waals surface area contributed by atoms with Gasteiger partial charge >= 0.3 is 6.18 Å². The maximum atomic E-state index is 13.2. The Morgan fingerprint density at radius 1 is 1.12 bits per heavy atom. The molecule has 3 unspecified atom stereocenters. The minimum Gasteiger partial charge on any atom is -0.350 e. The molecule has 5 heterocycles. The van der Waals surface area contributed by atoms with Crippen LogP contribution in [0.3, 0.4) is 0 Å². The number of hydrogen-bond acceptors (Lipinski definition) is 8. The van der Waals surface area contributed by atoms with Gasteiger partial charge in [0, 0.05) is 36.7 Å². The Morgan fingerprint density at radius 2 is 1.94 bits per heavy atom. The predicted octanol–water partition coefficient (Wildman–Crippen LogP) is 2.96. The molecule has 0 bridgehead atoms. The summed E-state index contributed by atoms with van der Waals surface area (Å²) in [6, 6.07) is 0.977. The van der Waals surface area contributed by atoms with E-state index in [9.17, 15) is 18.4 Å². The van der Waals surface area contributed by atoms with Gasteiger partial charge in [-0.25, -0.2) is 19.9 Å². The largest absolute Gasteiger partial charge is 0.434 e. The molecular formula is C20H20F3N9O. The highest BCUT2D eigenvalue weighted by atomic mass is 19.4. The summed E-state index contributed by atoms with van der Waals surface area (Å²) in [6.07, 6.45) is 3.73. The smallest absolute Gasteiger partial charge is 0.350 e. The van der Waals surface area contributed by atoms with Gasteiger partial charge in [-0.2, -0.15) is 23.3 Å². The fourth-order valence-electron chi connectivity index (χ4n) is 4.19. The molecule has 172 valence electrons. The van der Waals surface area contributed by atoms with Crippen molar-refractivity contribution in [3.8, 4) is 11.5 Å². The molecule has 2 N–H and O–H groups in total. The number of H-pyrrole nitrogens is 1. The first-order chi connectivity index (χ1) is 15.7. The molecule has 0 radical (unpaired) electrons. The number of nitrogens with zero attached hydrogens (tertiary/aromatic N) is 8. The van der Waals surface area contributed by atoms with Crippen molar-refractivity contribution < 1.29 is 18.4 Å². The molecule has 4 aromatic rings. The molecule has 4 aromatic heterocycles. The number of aromatic nitrogens is 7. The van der Waals surface area contributed by atoms with E-state index >= 15 is 0 Å². The van der Waals surface area contributed by atoms with Crippen LogP contribution in [0.2, 0.25) is 0 Å². The van der Waals surface area contributed by atoms with Crippen molar-refractivity contribution in [2.24, 2.45) is 0 Å². The molecule has 0 aromatic carbocycles. The van der Waals surface area contributed by atoms with Crippen molar-refractivity contribution in [3.63, 3.8) is 0 Å². The number of hydrogen-bond donors (Lipinski definition) is 2. The first-order valence-corrected chi connectivity index (χ1v) is 10.2. The minimum absolute atomic E-state index is 0.185. The molecule has 1 fully saturated rings. The molecule has 33 heavy (non-hydrogen) atoms. The number of imidazole rings is 1. The van der Waals surface area contributed by atoms with Gasteiger partial charge in [-0.05, 0) is 19.9 Å². The quantitative estimate of drug-likeness (QED) is 0.481. The van der Waals surface area contributed by atoms with Crippen LogP contribution in [0.25, 0.3) is 17.2 Å². The average Bonchev–Trinajstić information content (AvgIpc) is 3.45. The van der Waals surface area contributed by atoms with E-state index in [0.717, 1.165) is 18.0 Å². The van der Waals surface area contributed by atoms with Gasteiger partial charge in [0.25, 0.3) is 0 Å². The van der Waals surface area contributed by atoms with Crippen molar-refractivity contribution in [3.05, 3.63) is 54.5 Å². The zero-order valence-electron chi connectivity index (χ0n) is 17.6. The lowest BCUT2D eigenvalue weighted by atomic mass is 9.96. The van der Waals surface area contributed by atoms with Crippen LogP contribution in [0, 0.1) is 0 Å². The minimum atomic E-state index is -4.59. The summed E-state index contributed by atoms with van der Waals surface area (Å²) in [5.74, 6) is 0.812. The molecule has 0 spiro atoms. The van der Waals surface area contributed by atoms with Crippen LogP contribution in [-0.4, -0.2) is 63.4 Å². The highest BCUT2D eigenvalue weighted by Gasteiger charge is 2.39. The number of hydroxylamine groups is 2. The second-order valence-corrected chi connectivity index (χ2v) is 7.98. The van der Waals surface area contributed by atoms with E-state index in [0.29, 0.717) is 18.1 Å². The Labute approximate surface area is 185 Å². The second-order valence-electron chi connectivity index (χ2n) is 7.98. The zero-order chi connectivity index (χ0) is 23.3. The SMILES string of the molecule is CC1C(c2cn[nH]c2)N(O)C(C)CN1c1ccnc(-c2cnc3cnc(C(F)(F)F)cn23)n1. The topological polar surface area (TPSA) is 111 Å². The number of aromatic amines is 1. The number of anilines is 1. The van der Waals surface area contributed by atoms with Crippen LogP contribution in [0.1, 0.15) is 31.1 Å². The molecule has 1 aliphatic rings.